The number of aryl methyl sites for hydroxylation is 2. The summed E-state index contributed by atoms with van der Waals surface area (Å²) in [4.78, 5) is 35.4. The summed E-state index contributed by atoms with van der Waals surface area (Å²) in [5.74, 6) is -0.615. The number of alkyl halides is 3. The molecule has 2 heterocycles. The molecule has 1 saturated heterocycles. The zero-order chi connectivity index (χ0) is 26.2. The molecule has 0 bridgehead atoms. The Kier molecular flexibility index (Phi) is 6.94. The van der Waals surface area contributed by atoms with Gasteiger partial charge in [0.1, 0.15) is 0 Å². The Bertz CT molecular complexity index is 1300. The molecule has 0 saturated carbocycles. The van der Waals surface area contributed by atoms with Crippen molar-refractivity contribution < 1.29 is 22.8 Å². The van der Waals surface area contributed by atoms with Gasteiger partial charge in [-0.1, -0.05) is 23.8 Å². The predicted molar refractivity (Wildman–Crippen MR) is 137 cm³/mol. The maximum atomic E-state index is 13.5. The van der Waals surface area contributed by atoms with Crippen molar-refractivity contribution in [2.24, 2.45) is 0 Å². The number of anilines is 2. The van der Waals surface area contributed by atoms with Crippen LogP contribution in [0, 0.1) is 6.92 Å². The van der Waals surface area contributed by atoms with E-state index in [1.807, 2.05) is 24.0 Å². The van der Waals surface area contributed by atoms with E-state index < -0.39 is 11.7 Å². The number of rotatable bonds is 4. The first-order valence-electron chi connectivity index (χ1n) is 12.3. The number of hydrogen-bond donors (Lipinski definition) is 1. The fourth-order valence-electron chi connectivity index (χ4n) is 4.87. The number of carbonyl (C=O) groups is 2. The van der Waals surface area contributed by atoms with Gasteiger partial charge in [-0.25, -0.2) is 4.98 Å². The Morgan fingerprint density at radius 2 is 1.78 bits per heavy atom. The largest absolute Gasteiger partial charge is 0.416 e. The molecule has 3 aromatic rings. The fourth-order valence-corrected chi connectivity index (χ4v) is 5.93. The van der Waals surface area contributed by atoms with Crippen molar-refractivity contribution in [2.45, 2.75) is 38.3 Å². The van der Waals surface area contributed by atoms with Gasteiger partial charge in [-0.3, -0.25) is 14.9 Å². The van der Waals surface area contributed by atoms with E-state index in [1.54, 1.807) is 23.1 Å². The van der Waals surface area contributed by atoms with Crippen molar-refractivity contribution in [3.8, 4) is 0 Å². The highest BCUT2D eigenvalue weighted by molar-refractivity contribution is 7.16. The number of halogens is 3. The van der Waals surface area contributed by atoms with E-state index in [2.05, 4.69) is 10.3 Å². The lowest BCUT2D eigenvalue weighted by Gasteiger charge is -2.38. The monoisotopic (exact) mass is 528 g/mol. The van der Waals surface area contributed by atoms with Crippen LogP contribution in [0.3, 0.4) is 0 Å². The summed E-state index contributed by atoms with van der Waals surface area (Å²) in [7, 11) is 0. The standard InChI is InChI=1S/C27H27F3N4O2S/c1-17-8-10-18(11-9-17)24(35)32-26-31-23-21(6-3-7-22(23)37-26)25(36)34-14-12-33(13-15-34)20-5-2-4-19(16-20)27(28,29)30/h2,4-5,8-11,16,21H,3,6-7,12-15H2,1H3,(H,31,32,35). The van der Waals surface area contributed by atoms with E-state index in [0.29, 0.717) is 49.0 Å². The molecule has 1 N–H and O–H groups in total. The molecule has 0 spiro atoms. The molecule has 1 unspecified atom stereocenters. The van der Waals surface area contributed by atoms with Crippen LogP contribution in [0.15, 0.2) is 48.5 Å². The first kappa shape index (κ1) is 25.3. The summed E-state index contributed by atoms with van der Waals surface area (Å²) in [5.41, 5.74) is 2.19. The summed E-state index contributed by atoms with van der Waals surface area (Å²) < 4.78 is 39.3. The number of benzene rings is 2. The molecule has 1 aromatic heterocycles. The lowest BCUT2D eigenvalue weighted by molar-refractivity contribution is -0.137. The zero-order valence-corrected chi connectivity index (χ0v) is 21.2. The molecule has 5 rings (SSSR count). The number of amides is 2. The van der Waals surface area contributed by atoms with Gasteiger partial charge in [0.05, 0.1) is 17.2 Å². The average Bonchev–Trinajstić information content (AvgIpc) is 3.31. The molecule has 6 nitrogen and oxygen atoms in total. The number of piperazine rings is 1. The minimum atomic E-state index is -4.39. The zero-order valence-electron chi connectivity index (χ0n) is 20.3. The number of nitrogens with one attached hydrogen (secondary N) is 1. The minimum absolute atomic E-state index is 0.00801. The molecule has 0 radical (unpaired) electrons. The smallest absolute Gasteiger partial charge is 0.368 e. The molecule has 1 aliphatic carbocycles. The van der Waals surface area contributed by atoms with Crippen molar-refractivity contribution in [1.29, 1.82) is 0 Å². The van der Waals surface area contributed by atoms with Gasteiger partial charge in [0.15, 0.2) is 5.13 Å². The van der Waals surface area contributed by atoms with Gasteiger partial charge < -0.3 is 9.80 Å². The van der Waals surface area contributed by atoms with E-state index in [4.69, 9.17) is 0 Å². The number of aromatic nitrogens is 1. The molecule has 10 heteroatoms. The molecule has 37 heavy (non-hydrogen) atoms. The van der Waals surface area contributed by atoms with Crippen LogP contribution in [-0.2, 0) is 17.4 Å². The van der Waals surface area contributed by atoms with Crippen LogP contribution in [0.1, 0.15) is 50.8 Å². The third-order valence-electron chi connectivity index (χ3n) is 6.92. The Morgan fingerprint density at radius 3 is 2.49 bits per heavy atom. The van der Waals surface area contributed by atoms with Gasteiger partial charge in [-0.15, -0.1) is 11.3 Å². The molecule has 1 atom stereocenters. The molecule has 2 aliphatic rings. The first-order chi connectivity index (χ1) is 17.7. The molecule has 194 valence electrons. The lowest BCUT2D eigenvalue weighted by atomic mass is 9.89. The van der Waals surface area contributed by atoms with E-state index in [-0.39, 0.29) is 17.7 Å². The minimum Gasteiger partial charge on any atom is -0.368 e. The molecule has 2 amide bonds. The maximum absolute atomic E-state index is 13.5. The normalized spacial score (nSPS) is 17.9. The average molecular weight is 529 g/mol. The lowest BCUT2D eigenvalue weighted by Crippen LogP contribution is -2.50. The number of thiazole rings is 1. The van der Waals surface area contributed by atoms with E-state index >= 15 is 0 Å². The van der Waals surface area contributed by atoms with Crippen LogP contribution in [0.25, 0.3) is 0 Å². The first-order valence-corrected chi connectivity index (χ1v) is 13.1. The summed E-state index contributed by atoms with van der Waals surface area (Å²) in [5, 5.41) is 3.36. The van der Waals surface area contributed by atoms with Crippen LogP contribution < -0.4 is 10.2 Å². The summed E-state index contributed by atoms with van der Waals surface area (Å²) >= 11 is 1.42. The van der Waals surface area contributed by atoms with Gasteiger partial charge in [0, 0.05) is 42.3 Å². The van der Waals surface area contributed by atoms with Crippen LogP contribution in [-0.4, -0.2) is 47.9 Å². The van der Waals surface area contributed by atoms with E-state index in [0.717, 1.165) is 41.1 Å². The summed E-state index contributed by atoms with van der Waals surface area (Å²) in [6, 6.07) is 12.6. The Hall–Kier alpha value is -3.40. The van der Waals surface area contributed by atoms with Gasteiger partial charge in [-0.2, -0.15) is 13.2 Å². The van der Waals surface area contributed by atoms with E-state index in [9.17, 15) is 22.8 Å². The highest BCUT2D eigenvalue weighted by Crippen LogP contribution is 2.38. The number of nitrogens with zero attached hydrogens (tertiary/aromatic N) is 3. The predicted octanol–water partition coefficient (Wildman–Crippen LogP) is 5.49. The topological polar surface area (TPSA) is 65.5 Å². The summed E-state index contributed by atoms with van der Waals surface area (Å²) in [6.07, 6.45) is -2.02. The maximum Gasteiger partial charge on any atom is 0.416 e. The highest BCUT2D eigenvalue weighted by atomic mass is 32.1. The second-order valence-electron chi connectivity index (χ2n) is 9.45. The highest BCUT2D eigenvalue weighted by Gasteiger charge is 2.35. The van der Waals surface area contributed by atoms with Crippen molar-refractivity contribution in [3.63, 3.8) is 0 Å². The van der Waals surface area contributed by atoms with Gasteiger partial charge in [0.25, 0.3) is 5.91 Å². The van der Waals surface area contributed by atoms with Crippen molar-refractivity contribution in [3.05, 3.63) is 75.8 Å². The third kappa shape index (κ3) is 5.49. The molecular formula is C27H27F3N4O2S. The number of fused-ring (bicyclic) bond motifs is 1. The van der Waals surface area contributed by atoms with Crippen LogP contribution in [0.2, 0.25) is 0 Å². The van der Waals surface area contributed by atoms with Gasteiger partial charge in [0.2, 0.25) is 5.91 Å². The molecule has 2 aromatic carbocycles. The van der Waals surface area contributed by atoms with Crippen LogP contribution >= 0.6 is 11.3 Å². The SMILES string of the molecule is Cc1ccc(C(=O)Nc2nc3c(s2)CCCC3C(=O)N2CCN(c3cccc(C(F)(F)F)c3)CC2)cc1. The van der Waals surface area contributed by atoms with Crippen molar-refractivity contribution >= 4 is 34.0 Å². The quantitative estimate of drug-likeness (QED) is 0.486. The second kappa shape index (κ2) is 10.2. The molecule has 1 aliphatic heterocycles. The molecular weight excluding hydrogens is 501 g/mol. The Morgan fingerprint density at radius 1 is 1.05 bits per heavy atom. The summed E-state index contributed by atoms with van der Waals surface area (Å²) in [6.45, 7) is 3.74. The third-order valence-corrected chi connectivity index (χ3v) is 7.96. The fraction of sp³-hybridized carbons (Fsp3) is 0.370. The Balaban J connectivity index is 1.24. The van der Waals surface area contributed by atoms with Crippen molar-refractivity contribution in [1.82, 2.24) is 9.88 Å². The number of carbonyl (C=O) groups excluding carboxylic acids is 2. The second-order valence-corrected chi connectivity index (χ2v) is 10.5. The van der Waals surface area contributed by atoms with Crippen LogP contribution in [0.4, 0.5) is 24.0 Å². The van der Waals surface area contributed by atoms with Gasteiger partial charge in [-0.05, 0) is 56.5 Å². The van der Waals surface area contributed by atoms with Crippen molar-refractivity contribution in [2.75, 3.05) is 36.4 Å². The number of hydrogen-bond acceptors (Lipinski definition) is 5. The van der Waals surface area contributed by atoms with Gasteiger partial charge >= 0.3 is 6.18 Å². The van der Waals surface area contributed by atoms with Crippen LogP contribution in [0.5, 0.6) is 0 Å². The molecule has 1 fully saturated rings. The Labute approximate surface area is 217 Å². The van der Waals surface area contributed by atoms with E-state index in [1.165, 1.54) is 17.4 Å².